The Kier molecular flexibility index (Phi) is 5.22. The van der Waals surface area contributed by atoms with Gasteiger partial charge in [-0.25, -0.2) is 0 Å². The fourth-order valence-corrected chi connectivity index (χ4v) is 1.13. The number of hydrogen-bond acceptors (Lipinski definition) is 4. The molecule has 0 aliphatic rings. The Morgan fingerprint density at radius 3 is 2.59 bits per heavy atom. The van der Waals surface area contributed by atoms with E-state index in [0.29, 0.717) is 18.8 Å². The Bertz CT molecular complexity index is 360. The summed E-state index contributed by atoms with van der Waals surface area (Å²) in [6.07, 6.45) is 1.51. The molecule has 1 aromatic heterocycles. The zero-order valence-electron chi connectivity index (χ0n) is 10.0. The predicted molar refractivity (Wildman–Crippen MR) is 62.1 cm³/mol. The number of nitrogens with one attached hydrogen (secondary N) is 2. The average molecular weight is 239 g/mol. The lowest BCUT2D eigenvalue weighted by Crippen LogP contribution is -2.41. The van der Waals surface area contributed by atoms with E-state index in [-0.39, 0.29) is 6.54 Å². The van der Waals surface area contributed by atoms with Crippen LogP contribution in [0.4, 0.5) is 0 Å². The molecule has 6 heteroatoms. The van der Waals surface area contributed by atoms with Crippen molar-refractivity contribution in [2.45, 2.75) is 6.54 Å². The number of carbonyl (C=O) groups is 2. The van der Waals surface area contributed by atoms with Crippen LogP contribution in [0.25, 0.3) is 0 Å². The largest absolute Gasteiger partial charge is 0.467 e. The molecular weight excluding hydrogens is 222 g/mol. The van der Waals surface area contributed by atoms with Crippen LogP contribution in [0, 0.1) is 0 Å². The Morgan fingerprint density at radius 1 is 1.29 bits per heavy atom. The second-order valence-corrected chi connectivity index (χ2v) is 3.82. The van der Waals surface area contributed by atoms with Crippen molar-refractivity contribution in [2.75, 3.05) is 27.2 Å². The molecule has 2 amide bonds. The number of amides is 2. The Labute approximate surface area is 100.0 Å². The number of likely N-dealkylation sites (N-methyl/N-ethyl adjacent to an activating group) is 1. The Balaban J connectivity index is 2.20. The van der Waals surface area contributed by atoms with Gasteiger partial charge in [0.2, 0.25) is 0 Å². The van der Waals surface area contributed by atoms with Crippen LogP contribution in [-0.4, -0.2) is 43.9 Å². The van der Waals surface area contributed by atoms with Crippen LogP contribution in [-0.2, 0) is 16.1 Å². The number of furan rings is 1. The van der Waals surface area contributed by atoms with E-state index in [2.05, 4.69) is 10.6 Å². The van der Waals surface area contributed by atoms with Crippen molar-refractivity contribution in [3.63, 3.8) is 0 Å². The van der Waals surface area contributed by atoms with E-state index < -0.39 is 11.8 Å². The highest BCUT2D eigenvalue weighted by Gasteiger charge is 2.12. The van der Waals surface area contributed by atoms with Gasteiger partial charge in [0.05, 0.1) is 12.8 Å². The number of rotatable bonds is 5. The smallest absolute Gasteiger partial charge is 0.309 e. The standard InChI is InChI=1S/C11H17N3O3/c1-14(2)6-5-12-10(15)11(16)13-8-9-4-3-7-17-9/h3-4,7H,5-6,8H2,1-2H3,(H,12,15)(H,13,16). The maximum atomic E-state index is 11.3. The van der Waals surface area contributed by atoms with E-state index in [1.807, 2.05) is 19.0 Å². The molecule has 0 saturated heterocycles. The molecule has 1 heterocycles. The van der Waals surface area contributed by atoms with Gasteiger partial charge in [-0.2, -0.15) is 0 Å². The summed E-state index contributed by atoms with van der Waals surface area (Å²) in [4.78, 5) is 24.6. The fourth-order valence-electron chi connectivity index (χ4n) is 1.13. The topological polar surface area (TPSA) is 74.6 Å². The molecule has 2 N–H and O–H groups in total. The molecule has 0 spiro atoms. The third-order valence-corrected chi connectivity index (χ3v) is 2.05. The first kappa shape index (κ1) is 13.2. The highest BCUT2D eigenvalue weighted by Crippen LogP contribution is 1.97. The zero-order chi connectivity index (χ0) is 12.7. The molecule has 0 bridgehead atoms. The highest BCUT2D eigenvalue weighted by molar-refractivity contribution is 6.35. The molecule has 0 atom stereocenters. The van der Waals surface area contributed by atoms with E-state index in [4.69, 9.17) is 4.42 Å². The molecule has 6 nitrogen and oxygen atoms in total. The van der Waals surface area contributed by atoms with Crippen LogP contribution in [0.3, 0.4) is 0 Å². The van der Waals surface area contributed by atoms with Crippen LogP contribution in [0.1, 0.15) is 5.76 Å². The zero-order valence-corrected chi connectivity index (χ0v) is 10.0. The Hall–Kier alpha value is -1.82. The second-order valence-electron chi connectivity index (χ2n) is 3.82. The van der Waals surface area contributed by atoms with E-state index in [1.54, 1.807) is 12.1 Å². The van der Waals surface area contributed by atoms with Gasteiger partial charge < -0.3 is 20.0 Å². The third kappa shape index (κ3) is 5.17. The minimum atomic E-state index is -0.653. The van der Waals surface area contributed by atoms with Crippen molar-refractivity contribution in [3.8, 4) is 0 Å². The summed E-state index contributed by atoms with van der Waals surface area (Å²) in [5.41, 5.74) is 0. The predicted octanol–water partition coefficient (Wildman–Crippen LogP) is -0.426. The molecule has 1 rings (SSSR count). The molecule has 0 radical (unpaired) electrons. The van der Waals surface area contributed by atoms with Crippen molar-refractivity contribution >= 4 is 11.8 Å². The van der Waals surface area contributed by atoms with Gasteiger partial charge in [-0.15, -0.1) is 0 Å². The van der Waals surface area contributed by atoms with Crippen LogP contribution in [0.5, 0.6) is 0 Å². The van der Waals surface area contributed by atoms with Crippen molar-refractivity contribution in [1.29, 1.82) is 0 Å². The quantitative estimate of drug-likeness (QED) is 0.684. The fraction of sp³-hybridized carbons (Fsp3) is 0.455. The maximum absolute atomic E-state index is 11.3. The lowest BCUT2D eigenvalue weighted by atomic mass is 10.4. The van der Waals surface area contributed by atoms with Gasteiger partial charge in [0.25, 0.3) is 0 Å². The summed E-state index contributed by atoms with van der Waals surface area (Å²) in [7, 11) is 3.78. The molecule has 17 heavy (non-hydrogen) atoms. The van der Waals surface area contributed by atoms with Crippen molar-refractivity contribution < 1.29 is 14.0 Å². The van der Waals surface area contributed by atoms with Crippen LogP contribution >= 0.6 is 0 Å². The Morgan fingerprint density at radius 2 is 2.00 bits per heavy atom. The number of hydrogen-bond donors (Lipinski definition) is 2. The van der Waals surface area contributed by atoms with Crippen molar-refractivity contribution in [1.82, 2.24) is 15.5 Å². The number of nitrogens with zero attached hydrogens (tertiary/aromatic N) is 1. The first-order valence-electron chi connectivity index (χ1n) is 5.32. The van der Waals surface area contributed by atoms with Gasteiger partial charge in [0.1, 0.15) is 5.76 Å². The molecular formula is C11H17N3O3. The van der Waals surface area contributed by atoms with Gasteiger partial charge >= 0.3 is 11.8 Å². The average Bonchev–Trinajstić information content (AvgIpc) is 2.78. The second kappa shape index (κ2) is 6.70. The maximum Gasteiger partial charge on any atom is 0.309 e. The van der Waals surface area contributed by atoms with Crippen molar-refractivity contribution in [2.24, 2.45) is 0 Å². The lowest BCUT2D eigenvalue weighted by Gasteiger charge is -2.10. The minimum absolute atomic E-state index is 0.215. The molecule has 0 fully saturated rings. The number of carbonyl (C=O) groups excluding carboxylic acids is 2. The summed E-state index contributed by atoms with van der Waals surface area (Å²) in [6, 6.07) is 3.45. The molecule has 0 unspecified atom stereocenters. The normalized spacial score (nSPS) is 10.3. The summed E-state index contributed by atoms with van der Waals surface area (Å²) in [5, 5.41) is 4.99. The van der Waals surface area contributed by atoms with Crippen LogP contribution in [0.15, 0.2) is 22.8 Å². The van der Waals surface area contributed by atoms with Gasteiger partial charge in [-0.05, 0) is 26.2 Å². The van der Waals surface area contributed by atoms with E-state index in [9.17, 15) is 9.59 Å². The highest BCUT2D eigenvalue weighted by atomic mass is 16.3. The summed E-state index contributed by atoms with van der Waals surface area (Å²) in [5.74, 6) is -0.669. The first-order chi connectivity index (χ1) is 8.09. The summed E-state index contributed by atoms with van der Waals surface area (Å²) < 4.78 is 5.02. The molecule has 0 aliphatic carbocycles. The van der Waals surface area contributed by atoms with Gasteiger partial charge in [0, 0.05) is 13.1 Å². The molecule has 0 aromatic carbocycles. The van der Waals surface area contributed by atoms with Crippen LogP contribution in [0.2, 0.25) is 0 Å². The van der Waals surface area contributed by atoms with E-state index >= 15 is 0 Å². The summed E-state index contributed by atoms with van der Waals surface area (Å²) in [6.45, 7) is 1.35. The molecule has 0 aliphatic heterocycles. The molecule has 0 saturated carbocycles. The third-order valence-electron chi connectivity index (χ3n) is 2.05. The van der Waals surface area contributed by atoms with Gasteiger partial charge in [0.15, 0.2) is 0 Å². The van der Waals surface area contributed by atoms with Gasteiger partial charge in [-0.1, -0.05) is 0 Å². The van der Waals surface area contributed by atoms with Gasteiger partial charge in [-0.3, -0.25) is 9.59 Å². The van der Waals surface area contributed by atoms with Crippen LogP contribution < -0.4 is 10.6 Å². The summed E-state index contributed by atoms with van der Waals surface area (Å²) >= 11 is 0. The van der Waals surface area contributed by atoms with Crippen molar-refractivity contribution in [3.05, 3.63) is 24.2 Å². The molecule has 1 aromatic rings. The van der Waals surface area contributed by atoms with E-state index in [1.165, 1.54) is 6.26 Å². The SMILES string of the molecule is CN(C)CCNC(=O)C(=O)NCc1ccco1. The lowest BCUT2D eigenvalue weighted by molar-refractivity contribution is -0.139. The minimum Gasteiger partial charge on any atom is -0.467 e. The van der Waals surface area contributed by atoms with E-state index in [0.717, 1.165) is 0 Å². The first-order valence-corrected chi connectivity index (χ1v) is 5.32. The monoisotopic (exact) mass is 239 g/mol. The molecule has 94 valence electrons.